The number of rotatable bonds is 3. The Morgan fingerprint density at radius 3 is 2.58 bits per heavy atom. The van der Waals surface area contributed by atoms with E-state index in [1.165, 1.54) is 24.4 Å². The number of amides is 1. The van der Waals surface area contributed by atoms with Crippen LogP contribution >= 0.6 is 11.6 Å². The molecule has 1 aromatic heterocycles. The van der Waals surface area contributed by atoms with Crippen LogP contribution < -0.4 is 11.1 Å². The van der Waals surface area contributed by atoms with Gasteiger partial charge in [0.05, 0.1) is 9.77 Å². The summed E-state index contributed by atoms with van der Waals surface area (Å²) in [7, 11) is -3.81. The third kappa shape index (κ3) is 3.19. The van der Waals surface area contributed by atoms with Crippen molar-refractivity contribution in [2.45, 2.75) is 62.0 Å². The van der Waals surface area contributed by atoms with Gasteiger partial charge in [-0.2, -0.15) is 0 Å². The summed E-state index contributed by atoms with van der Waals surface area (Å²) in [6.45, 7) is 6.50. The molecule has 4 rings (SSSR count). The Hall–Kier alpha value is -2.52. The van der Waals surface area contributed by atoms with E-state index in [1.54, 1.807) is 33.8 Å². The summed E-state index contributed by atoms with van der Waals surface area (Å²) in [5, 5.41) is 3.11. The van der Waals surface area contributed by atoms with Gasteiger partial charge in [-0.05, 0) is 76.8 Å². The van der Waals surface area contributed by atoms with Crippen molar-refractivity contribution in [3.8, 4) is 0 Å². The molecular formula is C23H26ClFN4O3S. The van der Waals surface area contributed by atoms with Crippen LogP contribution in [0, 0.1) is 12.7 Å². The average Bonchev–Trinajstić information content (AvgIpc) is 2.72. The van der Waals surface area contributed by atoms with E-state index in [1.807, 2.05) is 0 Å². The largest absolute Gasteiger partial charge is 0.386 e. The molecule has 10 heteroatoms. The highest BCUT2D eigenvalue weighted by molar-refractivity contribution is 7.95. The maximum absolute atomic E-state index is 15.2. The number of nitrogens with two attached hydrogens (primary N) is 1. The number of carbonyl (C=O) groups is 1. The van der Waals surface area contributed by atoms with Gasteiger partial charge in [-0.25, -0.2) is 17.8 Å². The van der Waals surface area contributed by atoms with E-state index in [0.29, 0.717) is 29.8 Å². The standard InChI is InChI=1S/C23H26ClFN4O3S/c1-13-10-14(24)12-27-18(13)19(30)28-15-6-7-17(25)16(11-15)23(4)22(3)9-5-8-21(2,20(26)29-23)33(22,31)32/h6-7,10-12H,5,8-9H2,1-4H3,(H2,26,29)(H,28,30)/t21-,22+,23-/m1/s1. The normalized spacial score (nSPS) is 30.4. The number of nitrogens with one attached hydrogen (secondary N) is 1. The number of hydrogen-bond acceptors (Lipinski definition) is 6. The molecule has 1 aromatic carbocycles. The number of hydrogen-bond donors (Lipinski definition) is 2. The van der Waals surface area contributed by atoms with E-state index in [4.69, 9.17) is 17.3 Å². The third-order valence-corrected chi connectivity index (χ3v) is 11.0. The van der Waals surface area contributed by atoms with Crippen molar-refractivity contribution in [1.82, 2.24) is 4.98 Å². The summed E-state index contributed by atoms with van der Waals surface area (Å²) in [6, 6.07) is 5.64. The monoisotopic (exact) mass is 492 g/mol. The fourth-order valence-corrected chi connectivity index (χ4v) is 8.10. The molecule has 2 bridgehead atoms. The zero-order chi connectivity index (χ0) is 24.4. The first-order chi connectivity index (χ1) is 15.3. The molecular weight excluding hydrogens is 467 g/mol. The Kier molecular flexibility index (Phi) is 5.37. The first kappa shape index (κ1) is 23.6. The molecule has 1 saturated heterocycles. The minimum Gasteiger partial charge on any atom is -0.386 e. The van der Waals surface area contributed by atoms with E-state index in [0.717, 1.165) is 0 Å². The molecule has 2 aliphatic heterocycles. The number of aryl methyl sites for hydroxylation is 1. The van der Waals surface area contributed by atoms with Gasteiger partial charge < -0.3 is 11.1 Å². The lowest BCUT2D eigenvalue weighted by atomic mass is 9.74. The van der Waals surface area contributed by atoms with Gasteiger partial charge in [-0.3, -0.25) is 9.79 Å². The van der Waals surface area contributed by atoms with Crippen LogP contribution in [0.25, 0.3) is 0 Å². The number of fused-ring (bicyclic) bond motifs is 2. The number of halogens is 2. The highest BCUT2D eigenvalue weighted by Gasteiger charge is 2.67. The van der Waals surface area contributed by atoms with Gasteiger partial charge in [0, 0.05) is 17.4 Å². The van der Waals surface area contributed by atoms with Gasteiger partial charge in [-0.1, -0.05) is 11.6 Å². The van der Waals surface area contributed by atoms with Crippen LogP contribution in [-0.4, -0.2) is 34.6 Å². The second-order valence-corrected chi connectivity index (χ2v) is 12.6. The van der Waals surface area contributed by atoms with Crippen molar-refractivity contribution in [2.75, 3.05) is 5.32 Å². The maximum Gasteiger partial charge on any atom is 0.274 e. The van der Waals surface area contributed by atoms with Crippen LogP contribution in [-0.2, 0) is 15.4 Å². The summed E-state index contributed by atoms with van der Waals surface area (Å²) in [5.41, 5.74) is 5.82. The minimum absolute atomic E-state index is 0.0167. The zero-order valence-electron chi connectivity index (χ0n) is 18.9. The van der Waals surface area contributed by atoms with Crippen molar-refractivity contribution in [2.24, 2.45) is 10.7 Å². The van der Waals surface area contributed by atoms with Gasteiger partial charge in [-0.15, -0.1) is 0 Å². The molecule has 0 radical (unpaired) electrons. The smallest absolute Gasteiger partial charge is 0.274 e. The van der Waals surface area contributed by atoms with Gasteiger partial charge in [0.1, 0.15) is 27.6 Å². The maximum atomic E-state index is 15.2. The molecule has 1 amide bonds. The molecule has 7 nitrogen and oxygen atoms in total. The molecule has 0 saturated carbocycles. The number of nitrogens with zero attached hydrogens (tertiary/aromatic N) is 2. The predicted octanol–water partition coefficient (Wildman–Crippen LogP) is 4.14. The molecule has 176 valence electrons. The van der Waals surface area contributed by atoms with E-state index in [9.17, 15) is 13.2 Å². The molecule has 3 atom stereocenters. The van der Waals surface area contributed by atoms with Crippen LogP contribution in [0.2, 0.25) is 5.02 Å². The molecule has 0 unspecified atom stereocenters. The summed E-state index contributed by atoms with van der Waals surface area (Å²) in [6.07, 6.45) is 2.69. The number of sulfone groups is 1. The number of aromatic nitrogens is 1. The van der Waals surface area contributed by atoms with Crippen LogP contribution in [0.4, 0.5) is 10.1 Å². The zero-order valence-corrected chi connectivity index (χ0v) is 20.4. The van der Waals surface area contributed by atoms with Crippen molar-refractivity contribution in [3.05, 3.63) is 58.1 Å². The Bertz CT molecular complexity index is 1310. The summed E-state index contributed by atoms with van der Waals surface area (Å²) in [4.78, 5) is 21.5. The number of anilines is 1. The average molecular weight is 493 g/mol. The van der Waals surface area contributed by atoms with Crippen LogP contribution in [0.1, 0.15) is 61.6 Å². The Labute approximate surface area is 197 Å². The number of aliphatic imine (C=N–C) groups is 1. The first-order valence-electron chi connectivity index (χ1n) is 10.6. The molecule has 3 heterocycles. The molecule has 33 heavy (non-hydrogen) atoms. The number of carbonyl (C=O) groups excluding carboxylic acids is 1. The lowest BCUT2D eigenvalue weighted by molar-refractivity contribution is 0.102. The Morgan fingerprint density at radius 1 is 1.21 bits per heavy atom. The third-order valence-electron chi connectivity index (χ3n) is 7.42. The van der Waals surface area contributed by atoms with E-state index in [2.05, 4.69) is 15.3 Å². The van der Waals surface area contributed by atoms with Crippen LogP contribution in [0.3, 0.4) is 0 Å². The van der Waals surface area contributed by atoms with Gasteiger partial charge in [0.2, 0.25) is 0 Å². The number of pyridine rings is 1. The lowest BCUT2D eigenvalue weighted by Crippen LogP contribution is -2.69. The summed E-state index contributed by atoms with van der Waals surface area (Å²) in [5.74, 6) is -1.14. The van der Waals surface area contributed by atoms with Gasteiger partial charge in [0.25, 0.3) is 5.91 Å². The number of amidine groups is 1. The molecule has 2 aliphatic rings. The fraction of sp³-hybridized carbons (Fsp3) is 0.435. The molecule has 3 N–H and O–H groups in total. The highest BCUT2D eigenvalue weighted by Crippen LogP contribution is 2.56. The SMILES string of the molecule is Cc1cc(Cl)cnc1C(=O)Nc1ccc(F)c([C@@]2(C)N=C(N)[C@@]3(C)CCC[C@]2(C)S3(=O)=O)c1. The minimum atomic E-state index is -3.81. The molecule has 2 aromatic rings. The lowest BCUT2D eigenvalue weighted by Gasteiger charge is -2.55. The van der Waals surface area contributed by atoms with Crippen molar-refractivity contribution < 1.29 is 17.6 Å². The van der Waals surface area contributed by atoms with Crippen molar-refractivity contribution in [3.63, 3.8) is 0 Å². The van der Waals surface area contributed by atoms with E-state index >= 15 is 4.39 Å². The van der Waals surface area contributed by atoms with Crippen LogP contribution in [0.15, 0.2) is 35.5 Å². The molecule has 0 spiro atoms. The molecule has 1 fully saturated rings. The van der Waals surface area contributed by atoms with Crippen molar-refractivity contribution >= 4 is 38.9 Å². The Balaban J connectivity index is 1.81. The second kappa shape index (κ2) is 7.50. The van der Waals surface area contributed by atoms with Gasteiger partial charge in [0.15, 0.2) is 9.84 Å². The van der Waals surface area contributed by atoms with Crippen LogP contribution in [0.5, 0.6) is 0 Å². The van der Waals surface area contributed by atoms with Gasteiger partial charge >= 0.3 is 0 Å². The first-order valence-corrected chi connectivity index (χ1v) is 12.5. The van der Waals surface area contributed by atoms with E-state index < -0.39 is 36.6 Å². The van der Waals surface area contributed by atoms with E-state index in [-0.39, 0.29) is 22.8 Å². The molecule has 0 aliphatic carbocycles. The topological polar surface area (TPSA) is 115 Å². The number of benzene rings is 1. The second-order valence-electron chi connectivity index (χ2n) is 9.36. The van der Waals surface area contributed by atoms with Crippen molar-refractivity contribution in [1.29, 1.82) is 0 Å². The quantitative estimate of drug-likeness (QED) is 0.668. The predicted molar refractivity (Wildman–Crippen MR) is 127 cm³/mol. The summed E-state index contributed by atoms with van der Waals surface area (Å²) < 4.78 is 39.9. The fourth-order valence-electron chi connectivity index (χ4n) is 5.07. The Morgan fingerprint density at radius 2 is 1.91 bits per heavy atom. The summed E-state index contributed by atoms with van der Waals surface area (Å²) >= 11 is 5.91. The highest BCUT2D eigenvalue weighted by atomic mass is 35.5.